The highest BCUT2D eigenvalue weighted by molar-refractivity contribution is 7.19. The first-order valence-corrected chi connectivity index (χ1v) is 17.8. The second kappa shape index (κ2) is 14.1. The molecule has 21 heavy (non-hydrogen) atoms. The molecule has 0 amide bonds. The van der Waals surface area contributed by atoms with Crippen molar-refractivity contribution in [3.8, 4) is 0 Å². The summed E-state index contributed by atoms with van der Waals surface area (Å²) in [5, 5.41) is 0. The molecule has 0 saturated carbocycles. The largest absolute Gasteiger partial charge is 0.464 e. The number of rotatable bonds is 14. The zero-order chi connectivity index (χ0) is 16.0. The second-order valence-corrected chi connectivity index (χ2v) is 21.2. The van der Waals surface area contributed by atoms with Crippen LogP contribution in [0.25, 0.3) is 0 Å². The summed E-state index contributed by atoms with van der Waals surface area (Å²) < 4.78 is 11.8. The third-order valence-electron chi connectivity index (χ3n) is 3.88. The molecule has 1 unspecified atom stereocenters. The highest BCUT2D eigenvalue weighted by Crippen LogP contribution is 2.10. The summed E-state index contributed by atoms with van der Waals surface area (Å²) in [6.45, 7) is 9.19. The van der Waals surface area contributed by atoms with E-state index in [0.717, 1.165) is 10.5 Å². The molecule has 0 rings (SSSR count). The molecule has 0 aliphatic rings. The van der Waals surface area contributed by atoms with Crippen LogP contribution in [-0.2, 0) is 8.23 Å². The minimum absolute atomic E-state index is 0.404. The van der Waals surface area contributed by atoms with Gasteiger partial charge in [0.15, 0.2) is 26.2 Å². The fourth-order valence-electron chi connectivity index (χ4n) is 2.13. The monoisotopic (exact) mass is 362 g/mol. The van der Waals surface area contributed by atoms with E-state index < -0.39 is 26.2 Å². The molecule has 2 nitrogen and oxygen atoms in total. The second-order valence-electron chi connectivity index (χ2n) is 6.67. The molecule has 6 heteroatoms. The van der Waals surface area contributed by atoms with Gasteiger partial charge >= 0.3 is 0 Å². The zero-order valence-corrected chi connectivity index (χ0v) is 20.7. The molecule has 1 atom stereocenters. The van der Waals surface area contributed by atoms with Crippen molar-refractivity contribution in [2.75, 3.05) is 0 Å². The van der Waals surface area contributed by atoms with E-state index in [2.05, 4.69) is 38.3 Å². The van der Waals surface area contributed by atoms with E-state index in [9.17, 15) is 0 Å². The molecule has 126 valence electrons. The summed E-state index contributed by atoms with van der Waals surface area (Å²) >= 11 is 0. The quantitative estimate of drug-likeness (QED) is 0.349. The summed E-state index contributed by atoms with van der Waals surface area (Å²) in [5.41, 5.74) is 2.38. The van der Waals surface area contributed by atoms with Crippen LogP contribution in [-0.4, -0.2) is 36.6 Å². The van der Waals surface area contributed by atoms with Gasteiger partial charge in [0.25, 0.3) is 0 Å². The summed E-state index contributed by atoms with van der Waals surface area (Å²) in [5.74, 6) is 0. The van der Waals surface area contributed by atoms with Crippen molar-refractivity contribution < 1.29 is 8.23 Å². The summed E-state index contributed by atoms with van der Waals surface area (Å²) in [4.78, 5) is 0. The maximum atomic E-state index is 6.13. The Labute approximate surface area is 141 Å². The Morgan fingerprint density at radius 2 is 1.62 bits per heavy atom. The van der Waals surface area contributed by atoms with E-state index in [-0.39, 0.29) is 0 Å². The van der Waals surface area contributed by atoms with E-state index >= 15 is 0 Å². The van der Waals surface area contributed by atoms with Crippen LogP contribution in [0, 0.1) is 0 Å². The number of allylic oxidation sites excluding steroid dienone is 1. The Hall–Kier alpha value is 0.528. The van der Waals surface area contributed by atoms with Crippen LogP contribution in [0.3, 0.4) is 0 Å². The van der Waals surface area contributed by atoms with E-state index in [1.54, 1.807) is 0 Å². The summed E-state index contributed by atoms with van der Waals surface area (Å²) in [6, 6.07) is 0. The van der Waals surface area contributed by atoms with Crippen molar-refractivity contribution in [3.05, 3.63) is 11.8 Å². The van der Waals surface area contributed by atoms with Gasteiger partial charge in [-0.2, -0.15) is 0 Å². The molecule has 0 radical (unpaired) electrons. The lowest BCUT2D eigenvalue weighted by Gasteiger charge is -2.21. The smallest absolute Gasteiger partial charge is 0.184 e. The predicted molar refractivity (Wildman–Crippen MR) is 108 cm³/mol. The highest BCUT2D eigenvalue weighted by Gasteiger charge is 2.21. The lowest BCUT2D eigenvalue weighted by molar-refractivity contribution is 0.577. The first-order chi connectivity index (χ1) is 10.0. The van der Waals surface area contributed by atoms with Gasteiger partial charge in [-0.3, -0.25) is 0 Å². The standard InChI is InChI=1S/C15H38O2Si4/c1-5-6-7-8-9-10-11-12-13-14-15-20(2)17-19-21(3,4)16-18/h14-15,20H,5-13,19H2,1-4,18H3. The fraction of sp³-hybridized carbons (Fsp3) is 0.867. The first-order valence-electron chi connectivity index (χ1n) is 8.85. The van der Waals surface area contributed by atoms with Gasteiger partial charge < -0.3 is 8.23 Å². The molecule has 0 N–H and O–H groups in total. The van der Waals surface area contributed by atoms with Gasteiger partial charge in [-0.1, -0.05) is 63.6 Å². The van der Waals surface area contributed by atoms with Crippen molar-refractivity contribution in [2.24, 2.45) is 0 Å². The van der Waals surface area contributed by atoms with Gasteiger partial charge in [0.05, 0.1) is 0 Å². The highest BCUT2D eigenvalue weighted by atomic mass is 29.2. The third-order valence-corrected chi connectivity index (χ3v) is 18.8. The van der Waals surface area contributed by atoms with Gasteiger partial charge in [0, 0.05) is 0 Å². The average Bonchev–Trinajstić information content (AvgIpc) is 2.47. The molecule has 0 heterocycles. The van der Waals surface area contributed by atoms with Crippen LogP contribution >= 0.6 is 0 Å². The topological polar surface area (TPSA) is 18.5 Å². The van der Waals surface area contributed by atoms with E-state index in [1.807, 2.05) is 0 Å². The lowest BCUT2D eigenvalue weighted by atomic mass is 10.1. The van der Waals surface area contributed by atoms with Crippen LogP contribution in [0.15, 0.2) is 11.8 Å². The van der Waals surface area contributed by atoms with Crippen molar-refractivity contribution >= 4 is 36.6 Å². The minimum atomic E-state index is -1.34. The maximum absolute atomic E-state index is 6.13. The number of unbranched alkanes of at least 4 members (excludes halogenated alkanes) is 8. The number of hydrogen-bond donors (Lipinski definition) is 0. The Morgan fingerprint density at radius 3 is 2.19 bits per heavy atom. The summed E-state index contributed by atoms with van der Waals surface area (Å²) in [7, 11) is -1.91. The minimum Gasteiger partial charge on any atom is -0.464 e. The van der Waals surface area contributed by atoms with Crippen molar-refractivity contribution in [1.82, 2.24) is 0 Å². The predicted octanol–water partition coefficient (Wildman–Crippen LogP) is 3.07. The van der Waals surface area contributed by atoms with Crippen LogP contribution < -0.4 is 0 Å². The Morgan fingerprint density at radius 1 is 1.05 bits per heavy atom. The molecule has 0 aliphatic heterocycles. The Kier molecular flexibility index (Phi) is 14.5. The van der Waals surface area contributed by atoms with Gasteiger partial charge in [-0.05, 0) is 32.5 Å². The van der Waals surface area contributed by atoms with E-state index in [0.29, 0.717) is 0 Å². The van der Waals surface area contributed by atoms with E-state index in [1.165, 1.54) is 57.8 Å². The molecule has 0 spiro atoms. The zero-order valence-electron chi connectivity index (χ0n) is 15.1. The fourth-order valence-corrected chi connectivity index (χ4v) is 13.3. The number of hydrogen-bond acceptors (Lipinski definition) is 2. The molecule has 0 aliphatic carbocycles. The van der Waals surface area contributed by atoms with Crippen LogP contribution in [0.1, 0.15) is 64.7 Å². The van der Waals surface area contributed by atoms with Crippen molar-refractivity contribution in [2.45, 2.75) is 84.4 Å². The molecule has 0 fully saturated rings. The molecular formula is C15H38O2Si4. The van der Waals surface area contributed by atoms with Gasteiger partial charge in [-0.15, -0.1) is 0 Å². The normalized spacial score (nSPS) is 14.7. The first kappa shape index (κ1) is 21.5. The van der Waals surface area contributed by atoms with Crippen LogP contribution in [0.4, 0.5) is 0 Å². The van der Waals surface area contributed by atoms with Gasteiger partial charge in [0.2, 0.25) is 0 Å². The van der Waals surface area contributed by atoms with Crippen molar-refractivity contribution in [1.29, 1.82) is 0 Å². The van der Waals surface area contributed by atoms with Crippen molar-refractivity contribution in [3.63, 3.8) is 0 Å². The lowest BCUT2D eigenvalue weighted by Crippen LogP contribution is -2.41. The molecule has 0 saturated heterocycles. The molecule has 0 aromatic rings. The van der Waals surface area contributed by atoms with Gasteiger partial charge in [-0.25, -0.2) is 0 Å². The van der Waals surface area contributed by atoms with Gasteiger partial charge in [0.1, 0.15) is 10.5 Å². The SMILES string of the molecule is CCCCCCCCCCC=C[SiH](C)O[SiH2][Si](C)(C)O[SiH3]. The molecular weight excluding hydrogens is 325 g/mol. The maximum Gasteiger partial charge on any atom is 0.184 e. The summed E-state index contributed by atoms with van der Waals surface area (Å²) in [6.07, 6.45) is 14.9. The average molecular weight is 363 g/mol. The Bertz CT molecular complexity index is 260. The molecule has 0 bridgehead atoms. The Balaban J connectivity index is 3.42. The molecule has 0 aromatic heterocycles. The van der Waals surface area contributed by atoms with E-state index in [4.69, 9.17) is 8.23 Å². The van der Waals surface area contributed by atoms with Crippen LogP contribution in [0.5, 0.6) is 0 Å². The van der Waals surface area contributed by atoms with Crippen LogP contribution in [0.2, 0.25) is 19.6 Å². The molecule has 0 aromatic carbocycles. The third kappa shape index (κ3) is 15.2.